The van der Waals surface area contributed by atoms with Crippen LogP contribution in [-0.2, 0) is 22.6 Å². The molecule has 1 aromatic heterocycles. The van der Waals surface area contributed by atoms with Crippen molar-refractivity contribution in [2.24, 2.45) is 0 Å². The van der Waals surface area contributed by atoms with E-state index in [1.165, 1.54) is 17.4 Å². The molecule has 80 valence electrons. The maximum absolute atomic E-state index is 10.8. The van der Waals surface area contributed by atoms with Crippen LogP contribution in [0.25, 0.3) is 0 Å². The Morgan fingerprint density at radius 3 is 3.00 bits per heavy atom. The molecule has 0 saturated carbocycles. The molecule has 0 atom stereocenters. The number of hydrogen-bond donors (Lipinski definition) is 2. The van der Waals surface area contributed by atoms with Crippen molar-refractivity contribution in [3.63, 3.8) is 0 Å². The third-order valence-corrected chi connectivity index (χ3v) is 2.43. The lowest BCUT2D eigenvalue weighted by molar-refractivity contribution is -0.136. The minimum absolute atomic E-state index is 0.0914. The van der Waals surface area contributed by atoms with E-state index in [0.717, 1.165) is 0 Å². The Labute approximate surface area is 90.5 Å². The van der Waals surface area contributed by atoms with Gasteiger partial charge in [-0.25, -0.2) is 4.98 Å². The lowest BCUT2D eigenvalue weighted by atomic mass is 10.3. The molecular weight excluding hydrogens is 216 g/mol. The number of carbonyl (C=O) groups is 2. The maximum atomic E-state index is 10.8. The number of nitrogens with zero attached hydrogens (tertiary/aromatic N) is 1. The Morgan fingerprint density at radius 2 is 2.40 bits per heavy atom. The van der Waals surface area contributed by atoms with E-state index >= 15 is 0 Å². The lowest BCUT2D eigenvalue weighted by Gasteiger charge is -1.96. The molecule has 1 heterocycles. The summed E-state index contributed by atoms with van der Waals surface area (Å²) in [6.45, 7) is 3.61. The highest BCUT2D eigenvalue weighted by atomic mass is 32.1. The molecule has 2 N–H and O–H groups in total. The molecule has 0 bridgehead atoms. The molecule has 0 spiro atoms. The van der Waals surface area contributed by atoms with E-state index in [0.29, 0.717) is 17.2 Å². The molecule has 6 heteroatoms. The third kappa shape index (κ3) is 3.90. The molecule has 0 aliphatic rings. The number of amides is 1. The second-order valence-electron chi connectivity index (χ2n) is 2.73. The first-order valence-corrected chi connectivity index (χ1v) is 5.05. The summed E-state index contributed by atoms with van der Waals surface area (Å²) in [6, 6.07) is 0. The maximum Gasteiger partial charge on any atom is 0.309 e. The van der Waals surface area contributed by atoms with Gasteiger partial charge >= 0.3 is 5.97 Å². The number of hydrogen-bond acceptors (Lipinski definition) is 4. The van der Waals surface area contributed by atoms with Crippen molar-refractivity contribution in [1.82, 2.24) is 10.3 Å². The van der Waals surface area contributed by atoms with Crippen LogP contribution in [0.5, 0.6) is 0 Å². The Bertz CT molecular complexity index is 386. The molecule has 0 radical (unpaired) electrons. The van der Waals surface area contributed by atoms with E-state index in [2.05, 4.69) is 16.9 Å². The van der Waals surface area contributed by atoms with Gasteiger partial charge in [0.15, 0.2) is 0 Å². The van der Waals surface area contributed by atoms with E-state index in [4.69, 9.17) is 5.11 Å². The second kappa shape index (κ2) is 5.26. The molecule has 0 aliphatic carbocycles. The van der Waals surface area contributed by atoms with Crippen molar-refractivity contribution in [2.45, 2.75) is 13.0 Å². The Morgan fingerprint density at radius 1 is 1.67 bits per heavy atom. The van der Waals surface area contributed by atoms with E-state index in [1.807, 2.05) is 0 Å². The fraction of sp³-hybridized carbons (Fsp3) is 0.222. The Balaban J connectivity index is 2.49. The number of rotatable bonds is 5. The summed E-state index contributed by atoms with van der Waals surface area (Å²) in [4.78, 5) is 25.2. The summed E-state index contributed by atoms with van der Waals surface area (Å²) < 4.78 is 0. The van der Waals surface area contributed by atoms with Crippen molar-refractivity contribution < 1.29 is 14.7 Å². The second-order valence-corrected chi connectivity index (χ2v) is 3.67. The minimum atomic E-state index is -0.915. The molecule has 15 heavy (non-hydrogen) atoms. The molecule has 0 fully saturated rings. The van der Waals surface area contributed by atoms with E-state index < -0.39 is 5.97 Å². The summed E-state index contributed by atoms with van der Waals surface area (Å²) in [6.07, 6.45) is 1.08. The monoisotopic (exact) mass is 226 g/mol. The molecule has 1 aromatic rings. The van der Waals surface area contributed by atoms with Gasteiger partial charge in [-0.1, -0.05) is 6.58 Å². The van der Waals surface area contributed by atoms with Crippen LogP contribution >= 0.6 is 11.3 Å². The predicted molar refractivity (Wildman–Crippen MR) is 55.5 cm³/mol. The van der Waals surface area contributed by atoms with Gasteiger partial charge in [0, 0.05) is 5.38 Å². The van der Waals surface area contributed by atoms with Gasteiger partial charge in [0.25, 0.3) is 0 Å². The molecule has 0 saturated heterocycles. The van der Waals surface area contributed by atoms with Crippen molar-refractivity contribution in [3.05, 3.63) is 28.7 Å². The number of aromatic nitrogens is 1. The fourth-order valence-corrected chi connectivity index (χ4v) is 1.63. The molecule has 5 nitrogen and oxygen atoms in total. The molecule has 1 rings (SSSR count). The van der Waals surface area contributed by atoms with Crippen LogP contribution in [0.2, 0.25) is 0 Å². The Kier molecular flexibility index (Phi) is 3.99. The summed E-state index contributed by atoms with van der Waals surface area (Å²) in [5.41, 5.74) is 0.510. The zero-order valence-corrected chi connectivity index (χ0v) is 8.71. The van der Waals surface area contributed by atoms with Crippen molar-refractivity contribution in [3.8, 4) is 0 Å². The summed E-state index contributed by atoms with van der Waals surface area (Å²) in [7, 11) is 0. The van der Waals surface area contributed by atoms with Crippen LogP contribution in [0.15, 0.2) is 18.0 Å². The van der Waals surface area contributed by atoms with Crippen molar-refractivity contribution in [1.29, 1.82) is 0 Å². The first-order valence-electron chi connectivity index (χ1n) is 4.17. The summed E-state index contributed by atoms with van der Waals surface area (Å²) in [5, 5.41) is 13.4. The summed E-state index contributed by atoms with van der Waals surface area (Å²) >= 11 is 1.32. The fourth-order valence-electron chi connectivity index (χ4n) is 0.901. The topological polar surface area (TPSA) is 79.3 Å². The average Bonchev–Trinajstić information content (AvgIpc) is 2.61. The molecule has 0 unspecified atom stereocenters. The van der Waals surface area contributed by atoms with Gasteiger partial charge < -0.3 is 10.4 Å². The van der Waals surface area contributed by atoms with E-state index in [-0.39, 0.29) is 12.3 Å². The number of nitrogens with one attached hydrogen (secondary N) is 1. The van der Waals surface area contributed by atoms with Gasteiger partial charge in [-0.3, -0.25) is 9.59 Å². The number of carbonyl (C=O) groups excluding carboxylic acids is 1. The third-order valence-electron chi connectivity index (χ3n) is 1.53. The van der Waals surface area contributed by atoms with Crippen LogP contribution in [0.3, 0.4) is 0 Å². The Hall–Kier alpha value is -1.69. The predicted octanol–water partition coefficient (Wildman–Crippen LogP) is 0.572. The van der Waals surface area contributed by atoms with Gasteiger partial charge in [-0.05, 0) is 6.08 Å². The smallest absolute Gasteiger partial charge is 0.309 e. The summed E-state index contributed by atoms with van der Waals surface area (Å²) in [5.74, 6) is -1.19. The molecule has 0 aliphatic heterocycles. The van der Waals surface area contributed by atoms with Crippen LogP contribution in [0.1, 0.15) is 10.7 Å². The van der Waals surface area contributed by atoms with Gasteiger partial charge in [0.05, 0.1) is 18.7 Å². The molecular formula is C9H10N2O3S. The minimum Gasteiger partial charge on any atom is -0.481 e. The SMILES string of the molecule is C=CC(=O)NCc1nc(CC(=O)O)cs1. The quantitative estimate of drug-likeness (QED) is 0.719. The zero-order valence-electron chi connectivity index (χ0n) is 7.90. The first-order chi connectivity index (χ1) is 7.11. The van der Waals surface area contributed by atoms with E-state index in [1.54, 1.807) is 5.38 Å². The highest BCUT2D eigenvalue weighted by molar-refractivity contribution is 7.09. The molecule has 1 amide bonds. The lowest BCUT2D eigenvalue weighted by Crippen LogP contribution is -2.19. The zero-order chi connectivity index (χ0) is 11.3. The number of carboxylic acid groups (broad SMARTS) is 1. The molecule has 0 aromatic carbocycles. The average molecular weight is 226 g/mol. The highest BCUT2D eigenvalue weighted by Gasteiger charge is 2.06. The number of thiazole rings is 1. The van der Waals surface area contributed by atoms with Crippen LogP contribution in [-0.4, -0.2) is 22.0 Å². The van der Waals surface area contributed by atoms with Gasteiger partial charge in [0.2, 0.25) is 5.91 Å². The van der Waals surface area contributed by atoms with E-state index in [9.17, 15) is 9.59 Å². The highest BCUT2D eigenvalue weighted by Crippen LogP contribution is 2.09. The standard InChI is InChI=1S/C9H10N2O3S/c1-2-7(12)10-4-8-11-6(5-15-8)3-9(13)14/h2,5H,1,3-4H2,(H,10,12)(H,13,14). The van der Waals surface area contributed by atoms with Crippen molar-refractivity contribution in [2.75, 3.05) is 0 Å². The number of carboxylic acids is 1. The number of aliphatic carboxylic acids is 1. The largest absolute Gasteiger partial charge is 0.481 e. The van der Waals surface area contributed by atoms with Crippen molar-refractivity contribution >= 4 is 23.2 Å². The van der Waals surface area contributed by atoms with Gasteiger partial charge in [0.1, 0.15) is 5.01 Å². The van der Waals surface area contributed by atoms with Crippen LogP contribution < -0.4 is 5.32 Å². The first kappa shape index (κ1) is 11.4. The van der Waals surface area contributed by atoms with Crippen LogP contribution in [0, 0.1) is 0 Å². The van der Waals surface area contributed by atoms with Crippen LogP contribution in [0.4, 0.5) is 0 Å². The normalized spacial score (nSPS) is 9.60. The van der Waals surface area contributed by atoms with Gasteiger partial charge in [-0.2, -0.15) is 0 Å². The van der Waals surface area contributed by atoms with Gasteiger partial charge in [-0.15, -0.1) is 11.3 Å².